The molecule has 3 aromatic carbocycles. The molecule has 140 valence electrons. The molecule has 0 atom stereocenters. The molecule has 0 aliphatic rings. The molecule has 1 heterocycles. The van der Waals surface area contributed by atoms with E-state index < -0.39 is 0 Å². The Hall–Kier alpha value is -2.27. The SMILES string of the molecule is Clc1cccc(Cl)c1CSc1nnc(C(c2ccccc2)c2ccccc2)o1. The zero-order chi connectivity index (χ0) is 19.3. The molecule has 0 N–H and O–H groups in total. The predicted octanol–water partition coefficient (Wildman–Crippen LogP) is 6.85. The van der Waals surface area contributed by atoms with Gasteiger partial charge in [0.1, 0.15) is 0 Å². The molecule has 0 aliphatic heterocycles. The van der Waals surface area contributed by atoms with Gasteiger partial charge in [0.25, 0.3) is 5.22 Å². The van der Waals surface area contributed by atoms with Gasteiger partial charge in [-0.05, 0) is 28.8 Å². The third kappa shape index (κ3) is 4.25. The zero-order valence-corrected chi connectivity index (χ0v) is 17.1. The Bertz CT molecular complexity index is 995. The van der Waals surface area contributed by atoms with Crippen molar-refractivity contribution in [1.82, 2.24) is 10.2 Å². The first-order valence-electron chi connectivity index (χ1n) is 8.71. The summed E-state index contributed by atoms with van der Waals surface area (Å²) in [5, 5.41) is 10.3. The molecule has 0 spiro atoms. The van der Waals surface area contributed by atoms with Crippen molar-refractivity contribution in [3.05, 3.63) is 111 Å². The topological polar surface area (TPSA) is 38.9 Å². The highest BCUT2D eigenvalue weighted by Crippen LogP contribution is 2.34. The first-order chi connectivity index (χ1) is 13.7. The Balaban J connectivity index is 1.60. The molecule has 0 unspecified atom stereocenters. The average Bonchev–Trinajstić information content (AvgIpc) is 3.18. The van der Waals surface area contributed by atoms with Gasteiger partial charge >= 0.3 is 0 Å². The average molecular weight is 427 g/mol. The van der Waals surface area contributed by atoms with Crippen LogP contribution in [0.4, 0.5) is 0 Å². The molecule has 1 aromatic heterocycles. The molecule has 0 amide bonds. The summed E-state index contributed by atoms with van der Waals surface area (Å²) >= 11 is 13.9. The van der Waals surface area contributed by atoms with Gasteiger partial charge in [-0.15, -0.1) is 10.2 Å². The Morgan fingerprint density at radius 3 is 1.89 bits per heavy atom. The molecule has 6 heteroatoms. The summed E-state index contributed by atoms with van der Waals surface area (Å²) in [6.07, 6.45) is 0. The number of thioether (sulfide) groups is 1. The second-order valence-electron chi connectivity index (χ2n) is 6.15. The van der Waals surface area contributed by atoms with Crippen molar-refractivity contribution in [2.45, 2.75) is 16.9 Å². The maximum Gasteiger partial charge on any atom is 0.276 e. The van der Waals surface area contributed by atoms with Crippen molar-refractivity contribution in [2.24, 2.45) is 0 Å². The number of rotatable bonds is 6. The summed E-state index contributed by atoms with van der Waals surface area (Å²) in [5.74, 6) is 1.000. The maximum atomic E-state index is 6.25. The molecule has 0 radical (unpaired) electrons. The van der Waals surface area contributed by atoms with Crippen molar-refractivity contribution in [2.75, 3.05) is 0 Å². The molecule has 0 saturated carbocycles. The van der Waals surface area contributed by atoms with E-state index in [0.717, 1.165) is 16.7 Å². The van der Waals surface area contributed by atoms with Crippen LogP contribution in [0.5, 0.6) is 0 Å². The monoisotopic (exact) mass is 426 g/mol. The molecule has 0 bridgehead atoms. The molecule has 3 nitrogen and oxygen atoms in total. The van der Waals surface area contributed by atoms with E-state index in [4.69, 9.17) is 27.6 Å². The molecule has 0 saturated heterocycles. The largest absolute Gasteiger partial charge is 0.415 e. The summed E-state index contributed by atoms with van der Waals surface area (Å²) in [6.45, 7) is 0. The first kappa shape index (κ1) is 19.1. The van der Waals surface area contributed by atoms with Gasteiger partial charge in [-0.25, -0.2) is 0 Å². The normalized spacial score (nSPS) is 11.1. The molecular weight excluding hydrogens is 411 g/mol. The van der Waals surface area contributed by atoms with Crippen LogP contribution in [-0.2, 0) is 5.75 Å². The van der Waals surface area contributed by atoms with Gasteiger partial charge < -0.3 is 4.42 Å². The van der Waals surface area contributed by atoms with E-state index in [1.54, 1.807) is 0 Å². The zero-order valence-electron chi connectivity index (χ0n) is 14.8. The van der Waals surface area contributed by atoms with Gasteiger partial charge in [0.05, 0.1) is 5.92 Å². The van der Waals surface area contributed by atoms with Crippen LogP contribution < -0.4 is 0 Å². The standard InChI is InChI=1S/C22H16Cl2N2OS/c23-18-12-7-13-19(24)17(18)14-28-22-26-25-21(27-22)20(15-8-3-1-4-9-15)16-10-5-2-6-11-16/h1-13,20H,14H2. The van der Waals surface area contributed by atoms with Gasteiger partial charge in [-0.1, -0.05) is 102 Å². The quantitative estimate of drug-likeness (QED) is 0.316. The Kier molecular flexibility index (Phi) is 6.01. The minimum Gasteiger partial charge on any atom is -0.415 e. The molecular formula is C22H16Cl2N2OS. The molecule has 0 fully saturated rings. The highest BCUT2D eigenvalue weighted by Gasteiger charge is 2.23. The van der Waals surface area contributed by atoms with Gasteiger partial charge in [-0.3, -0.25) is 0 Å². The smallest absolute Gasteiger partial charge is 0.276 e. The predicted molar refractivity (Wildman–Crippen MR) is 114 cm³/mol. The van der Waals surface area contributed by atoms with Crippen LogP contribution in [0.3, 0.4) is 0 Å². The highest BCUT2D eigenvalue weighted by molar-refractivity contribution is 7.98. The maximum absolute atomic E-state index is 6.25. The van der Waals surface area contributed by atoms with Crippen molar-refractivity contribution in [3.63, 3.8) is 0 Å². The van der Waals surface area contributed by atoms with E-state index >= 15 is 0 Å². The molecule has 4 rings (SSSR count). The summed E-state index contributed by atoms with van der Waals surface area (Å²) < 4.78 is 6.01. The van der Waals surface area contributed by atoms with Gasteiger partial charge in [0, 0.05) is 15.8 Å². The lowest BCUT2D eigenvalue weighted by atomic mass is 9.91. The number of hydrogen-bond donors (Lipinski definition) is 0. The second kappa shape index (κ2) is 8.82. The van der Waals surface area contributed by atoms with Crippen molar-refractivity contribution in [3.8, 4) is 0 Å². The van der Waals surface area contributed by atoms with E-state index in [1.807, 2.05) is 54.6 Å². The highest BCUT2D eigenvalue weighted by atomic mass is 35.5. The fourth-order valence-corrected chi connectivity index (χ4v) is 4.48. The summed E-state index contributed by atoms with van der Waals surface area (Å²) in [7, 11) is 0. The van der Waals surface area contributed by atoms with Gasteiger partial charge in [-0.2, -0.15) is 0 Å². The van der Waals surface area contributed by atoms with E-state index in [0.29, 0.717) is 26.9 Å². The Labute approximate surface area is 177 Å². The second-order valence-corrected chi connectivity index (χ2v) is 7.89. The van der Waals surface area contributed by atoms with Crippen LogP contribution in [0.1, 0.15) is 28.5 Å². The lowest BCUT2D eigenvalue weighted by Gasteiger charge is -2.13. The van der Waals surface area contributed by atoms with Crippen LogP contribution in [-0.4, -0.2) is 10.2 Å². The van der Waals surface area contributed by atoms with Crippen LogP contribution in [0.15, 0.2) is 88.5 Å². The third-order valence-electron chi connectivity index (χ3n) is 4.34. The van der Waals surface area contributed by atoms with E-state index in [9.17, 15) is 0 Å². The summed E-state index contributed by atoms with van der Waals surface area (Å²) in [4.78, 5) is 0. The van der Waals surface area contributed by atoms with Crippen molar-refractivity contribution < 1.29 is 4.42 Å². The minimum absolute atomic E-state index is 0.117. The fraction of sp³-hybridized carbons (Fsp3) is 0.0909. The number of hydrogen-bond acceptors (Lipinski definition) is 4. The van der Waals surface area contributed by atoms with E-state index in [2.05, 4.69) is 34.5 Å². The van der Waals surface area contributed by atoms with Crippen molar-refractivity contribution in [1.29, 1.82) is 0 Å². The van der Waals surface area contributed by atoms with Crippen LogP contribution >= 0.6 is 35.0 Å². The Morgan fingerprint density at radius 1 is 0.750 bits per heavy atom. The summed E-state index contributed by atoms with van der Waals surface area (Å²) in [5.41, 5.74) is 3.06. The summed E-state index contributed by atoms with van der Waals surface area (Å²) in [6, 6.07) is 25.8. The van der Waals surface area contributed by atoms with Crippen molar-refractivity contribution >= 4 is 35.0 Å². The fourth-order valence-electron chi connectivity index (χ4n) is 2.97. The molecule has 28 heavy (non-hydrogen) atoms. The number of nitrogens with zero attached hydrogens (tertiary/aromatic N) is 2. The molecule has 0 aliphatic carbocycles. The van der Waals surface area contributed by atoms with Crippen LogP contribution in [0.2, 0.25) is 10.0 Å². The lowest BCUT2D eigenvalue weighted by Crippen LogP contribution is -2.03. The number of aromatic nitrogens is 2. The molecule has 4 aromatic rings. The lowest BCUT2D eigenvalue weighted by molar-refractivity contribution is 0.409. The Morgan fingerprint density at radius 2 is 1.32 bits per heavy atom. The van der Waals surface area contributed by atoms with Gasteiger partial charge in [0.15, 0.2) is 0 Å². The number of benzene rings is 3. The van der Waals surface area contributed by atoms with Crippen LogP contribution in [0.25, 0.3) is 0 Å². The van der Waals surface area contributed by atoms with E-state index in [-0.39, 0.29) is 5.92 Å². The first-order valence-corrected chi connectivity index (χ1v) is 10.5. The van der Waals surface area contributed by atoms with Crippen LogP contribution in [0, 0.1) is 0 Å². The minimum atomic E-state index is -0.117. The van der Waals surface area contributed by atoms with E-state index in [1.165, 1.54) is 11.8 Å². The third-order valence-corrected chi connectivity index (χ3v) is 5.89. The van der Waals surface area contributed by atoms with Gasteiger partial charge in [0.2, 0.25) is 5.89 Å². The number of halogens is 2.